The first-order chi connectivity index (χ1) is 12.5. The van der Waals surface area contributed by atoms with Crippen molar-refractivity contribution in [2.45, 2.75) is 32.2 Å². The SMILES string of the molecule is O=C(C[C@@H]1C/C=C\CCC(=O)OCCNC1=O)NCc1ccc(Cl)cc1. The van der Waals surface area contributed by atoms with E-state index in [0.717, 1.165) is 5.56 Å². The van der Waals surface area contributed by atoms with Crippen molar-refractivity contribution >= 4 is 29.4 Å². The van der Waals surface area contributed by atoms with Gasteiger partial charge in [0.2, 0.25) is 11.8 Å². The van der Waals surface area contributed by atoms with Gasteiger partial charge in [-0.2, -0.15) is 0 Å². The molecule has 0 bridgehead atoms. The number of nitrogens with one attached hydrogen (secondary N) is 2. The molecule has 0 saturated heterocycles. The van der Waals surface area contributed by atoms with Gasteiger partial charge >= 0.3 is 5.97 Å². The molecule has 0 aromatic heterocycles. The zero-order valence-electron chi connectivity index (χ0n) is 14.5. The van der Waals surface area contributed by atoms with E-state index in [1.54, 1.807) is 12.1 Å². The summed E-state index contributed by atoms with van der Waals surface area (Å²) in [6.45, 7) is 0.775. The second-order valence-corrected chi connectivity index (χ2v) is 6.50. The summed E-state index contributed by atoms with van der Waals surface area (Å²) in [7, 11) is 0. The van der Waals surface area contributed by atoms with Crippen molar-refractivity contribution in [1.29, 1.82) is 0 Å². The molecule has 2 N–H and O–H groups in total. The molecule has 1 heterocycles. The van der Waals surface area contributed by atoms with E-state index in [-0.39, 0.29) is 37.4 Å². The minimum absolute atomic E-state index is 0.101. The van der Waals surface area contributed by atoms with Crippen LogP contribution >= 0.6 is 11.6 Å². The van der Waals surface area contributed by atoms with E-state index >= 15 is 0 Å². The highest BCUT2D eigenvalue weighted by Gasteiger charge is 2.21. The molecule has 0 fully saturated rings. The highest BCUT2D eigenvalue weighted by molar-refractivity contribution is 6.30. The fourth-order valence-corrected chi connectivity index (χ4v) is 2.64. The Morgan fingerprint density at radius 3 is 2.77 bits per heavy atom. The third-order valence-electron chi connectivity index (χ3n) is 3.97. The summed E-state index contributed by atoms with van der Waals surface area (Å²) in [6.07, 6.45) is 5.12. The number of benzene rings is 1. The molecule has 0 spiro atoms. The fraction of sp³-hybridized carbons (Fsp3) is 0.421. The Bertz CT molecular complexity index is 658. The van der Waals surface area contributed by atoms with E-state index < -0.39 is 5.92 Å². The predicted octanol–water partition coefficient (Wildman–Crippen LogP) is 2.36. The van der Waals surface area contributed by atoms with Crippen LogP contribution in [0.1, 0.15) is 31.2 Å². The topological polar surface area (TPSA) is 84.5 Å². The third-order valence-corrected chi connectivity index (χ3v) is 4.22. The largest absolute Gasteiger partial charge is 0.464 e. The van der Waals surface area contributed by atoms with Crippen molar-refractivity contribution in [2.75, 3.05) is 13.2 Å². The van der Waals surface area contributed by atoms with Crippen molar-refractivity contribution in [3.05, 3.63) is 47.0 Å². The summed E-state index contributed by atoms with van der Waals surface area (Å²) in [5.74, 6) is -1.13. The van der Waals surface area contributed by atoms with E-state index in [1.165, 1.54) is 0 Å². The second-order valence-electron chi connectivity index (χ2n) is 6.06. The molecule has 140 valence electrons. The maximum atomic E-state index is 12.3. The van der Waals surface area contributed by atoms with Gasteiger partial charge in [0.05, 0.1) is 12.5 Å². The normalized spacial score (nSPS) is 20.1. The third kappa shape index (κ3) is 7.27. The van der Waals surface area contributed by atoms with Crippen LogP contribution in [0.25, 0.3) is 0 Å². The van der Waals surface area contributed by atoms with Gasteiger partial charge in [-0.25, -0.2) is 0 Å². The van der Waals surface area contributed by atoms with Crippen molar-refractivity contribution in [3.63, 3.8) is 0 Å². The number of halogens is 1. The number of hydrogen-bond acceptors (Lipinski definition) is 4. The number of hydrogen-bond donors (Lipinski definition) is 2. The van der Waals surface area contributed by atoms with Gasteiger partial charge in [0.1, 0.15) is 6.61 Å². The van der Waals surface area contributed by atoms with E-state index in [0.29, 0.717) is 30.8 Å². The molecule has 26 heavy (non-hydrogen) atoms. The lowest BCUT2D eigenvalue weighted by atomic mass is 9.99. The molecule has 7 heteroatoms. The van der Waals surface area contributed by atoms with Gasteiger partial charge in [0.25, 0.3) is 0 Å². The Balaban J connectivity index is 1.87. The summed E-state index contributed by atoms with van der Waals surface area (Å²) in [5, 5.41) is 6.18. The minimum atomic E-state index is -0.452. The predicted molar refractivity (Wildman–Crippen MR) is 98.4 cm³/mol. The van der Waals surface area contributed by atoms with Gasteiger partial charge in [-0.3, -0.25) is 14.4 Å². The van der Waals surface area contributed by atoms with Crippen LogP contribution in [-0.4, -0.2) is 30.9 Å². The molecule has 2 amide bonds. The standard InChI is InChI=1S/C19H23ClN2O4/c20-16-8-6-14(7-9-16)13-22-17(23)12-15-4-2-1-3-5-18(24)26-11-10-21-19(15)25/h1-2,6-9,15H,3-5,10-13H2,(H,21,25)(H,22,23)/b2-1-/t15-/m0/s1. The van der Waals surface area contributed by atoms with Crippen LogP contribution in [0.3, 0.4) is 0 Å². The van der Waals surface area contributed by atoms with E-state index in [4.69, 9.17) is 16.3 Å². The van der Waals surface area contributed by atoms with Crippen LogP contribution in [0.2, 0.25) is 5.02 Å². The average molecular weight is 379 g/mol. The zero-order chi connectivity index (χ0) is 18.8. The van der Waals surface area contributed by atoms with Crippen LogP contribution in [0.15, 0.2) is 36.4 Å². The van der Waals surface area contributed by atoms with Crippen LogP contribution in [0, 0.1) is 5.92 Å². The molecule has 1 atom stereocenters. The lowest BCUT2D eigenvalue weighted by molar-refractivity contribution is -0.144. The lowest BCUT2D eigenvalue weighted by Gasteiger charge is -2.16. The monoisotopic (exact) mass is 378 g/mol. The number of carbonyl (C=O) groups is 3. The molecular formula is C19H23ClN2O4. The number of esters is 1. The Morgan fingerprint density at radius 1 is 1.23 bits per heavy atom. The van der Waals surface area contributed by atoms with Crippen LogP contribution in [0.5, 0.6) is 0 Å². The number of rotatable bonds is 4. The fourth-order valence-electron chi connectivity index (χ4n) is 2.52. The van der Waals surface area contributed by atoms with Gasteiger partial charge < -0.3 is 15.4 Å². The van der Waals surface area contributed by atoms with Crippen molar-refractivity contribution in [1.82, 2.24) is 10.6 Å². The Hall–Kier alpha value is -2.34. The quantitative estimate of drug-likeness (QED) is 0.622. The maximum Gasteiger partial charge on any atom is 0.306 e. The van der Waals surface area contributed by atoms with Gasteiger partial charge in [-0.1, -0.05) is 35.9 Å². The molecule has 2 rings (SSSR count). The summed E-state index contributed by atoms with van der Waals surface area (Å²) in [6, 6.07) is 7.21. The molecule has 1 aromatic carbocycles. The van der Waals surface area contributed by atoms with Crippen molar-refractivity contribution < 1.29 is 19.1 Å². The molecule has 0 aliphatic carbocycles. The van der Waals surface area contributed by atoms with Gasteiger partial charge in [0, 0.05) is 24.4 Å². The number of amides is 2. The van der Waals surface area contributed by atoms with Gasteiger partial charge in [-0.05, 0) is 30.5 Å². The first-order valence-electron chi connectivity index (χ1n) is 8.64. The molecule has 6 nitrogen and oxygen atoms in total. The Labute approximate surface area is 157 Å². The highest BCUT2D eigenvalue weighted by atomic mass is 35.5. The molecule has 0 radical (unpaired) electrons. The Morgan fingerprint density at radius 2 is 2.00 bits per heavy atom. The summed E-state index contributed by atoms with van der Waals surface area (Å²) < 4.78 is 5.00. The lowest BCUT2D eigenvalue weighted by Crippen LogP contribution is -2.36. The van der Waals surface area contributed by atoms with E-state index in [1.807, 2.05) is 24.3 Å². The second kappa shape index (κ2) is 10.6. The van der Waals surface area contributed by atoms with Crippen LogP contribution < -0.4 is 10.6 Å². The molecule has 0 saturated carbocycles. The summed E-state index contributed by atoms with van der Waals surface area (Å²) >= 11 is 5.84. The molecule has 1 aromatic rings. The Kier molecular flexibility index (Phi) is 8.15. The number of carbonyl (C=O) groups excluding carboxylic acids is 3. The summed E-state index contributed by atoms with van der Waals surface area (Å²) in [4.78, 5) is 35.9. The minimum Gasteiger partial charge on any atom is -0.464 e. The van der Waals surface area contributed by atoms with Crippen LogP contribution in [-0.2, 0) is 25.7 Å². The van der Waals surface area contributed by atoms with Crippen molar-refractivity contribution in [2.24, 2.45) is 5.92 Å². The van der Waals surface area contributed by atoms with Gasteiger partial charge in [-0.15, -0.1) is 0 Å². The number of ether oxygens (including phenoxy) is 1. The van der Waals surface area contributed by atoms with Crippen LogP contribution in [0.4, 0.5) is 0 Å². The number of cyclic esters (lactones) is 1. The first-order valence-corrected chi connectivity index (χ1v) is 9.02. The summed E-state index contributed by atoms with van der Waals surface area (Å²) in [5.41, 5.74) is 0.938. The molecule has 0 unspecified atom stereocenters. The molecular weight excluding hydrogens is 356 g/mol. The highest BCUT2D eigenvalue weighted by Crippen LogP contribution is 2.13. The average Bonchev–Trinajstić information content (AvgIpc) is 2.62. The molecule has 1 aliphatic heterocycles. The number of allylic oxidation sites excluding steroid dienone is 2. The van der Waals surface area contributed by atoms with Gasteiger partial charge in [0.15, 0.2) is 0 Å². The van der Waals surface area contributed by atoms with Crippen molar-refractivity contribution in [3.8, 4) is 0 Å². The first kappa shape index (κ1) is 20.0. The smallest absolute Gasteiger partial charge is 0.306 e. The maximum absolute atomic E-state index is 12.3. The van der Waals surface area contributed by atoms with E-state index in [2.05, 4.69) is 10.6 Å². The van der Waals surface area contributed by atoms with E-state index in [9.17, 15) is 14.4 Å². The zero-order valence-corrected chi connectivity index (χ0v) is 15.3. The molecule has 1 aliphatic rings.